The molecule has 0 spiro atoms. The number of ether oxygens (including phenoxy) is 4. The summed E-state index contributed by atoms with van der Waals surface area (Å²) in [7, 11) is 4.74. The van der Waals surface area contributed by atoms with Crippen LogP contribution >= 0.6 is 0 Å². The second-order valence-corrected chi connectivity index (χ2v) is 7.42. The van der Waals surface area contributed by atoms with Gasteiger partial charge in [-0.25, -0.2) is 0 Å². The van der Waals surface area contributed by atoms with Crippen LogP contribution in [0.3, 0.4) is 0 Å². The van der Waals surface area contributed by atoms with Gasteiger partial charge in [0.25, 0.3) is 0 Å². The Morgan fingerprint density at radius 1 is 1.08 bits per heavy atom. The van der Waals surface area contributed by atoms with E-state index in [0.29, 0.717) is 17.2 Å². The molecule has 0 amide bonds. The van der Waals surface area contributed by atoms with Crippen molar-refractivity contribution in [1.29, 1.82) is 0 Å². The van der Waals surface area contributed by atoms with Gasteiger partial charge in [-0.1, -0.05) is 0 Å². The number of ketones is 1. The molecule has 1 aromatic rings. The molecule has 5 nitrogen and oxygen atoms in total. The summed E-state index contributed by atoms with van der Waals surface area (Å²) in [5, 5.41) is 0. The van der Waals surface area contributed by atoms with E-state index in [2.05, 4.69) is 13.8 Å². The molecule has 3 aliphatic rings. The molecule has 2 bridgehead atoms. The lowest BCUT2D eigenvalue weighted by atomic mass is 9.65. The van der Waals surface area contributed by atoms with E-state index in [4.69, 9.17) is 18.9 Å². The molecule has 1 aliphatic carbocycles. The maximum Gasteiger partial charge on any atom is 0.203 e. The first-order valence-corrected chi connectivity index (χ1v) is 8.52. The first-order valence-electron chi connectivity index (χ1n) is 8.52. The van der Waals surface area contributed by atoms with Gasteiger partial charge in [0.05, 0.1) is 26.9 Å². The Labute approximate surface area is 148 Å². The summed E-state index contributed by atoms with van der Waals surface area (Å²) in [5.74, 6) is 1.85. The van der Waals surface area contributed by atoms with Gasteiger partial charge in [-0.15, -0.1) is 0 Å². The van der Waals surface area contributed by atoms with Crippen LogP contribution in [0, 0.1) is 5.92 Å². The predicted molar refractivity (Wildman–Crippen MR) is 95.4 cm³/mol. The van der Waals surface area contributed by atoms with E-state index < -0.39 is 5.60 Å². The third-order valence-corrected chi connectivity index (χ3v) is 5.36. The molecule has 25 heavy (non-hydrogen) atoms. The van der Waals surface area contributed by atoms with Crippen LogP contribution in [0.25, 0.3) is 6.08 Å². The van der Waals surface area contributed by atoms with Crippen molar-refractivity contribution in [2.24, 2.45) is 5.92 Å². The molecular weight excluding hydrogens is 320 g/mol. The molecule has 2 aliphatic heterocycles. The largest absolute Gasteiger partial charge is 0.493 e. The zero-order valence-corrected chi connectivity index (χ0v) is 15.8. The van der Waals surface area contributed by atoms with Crippen LogP contribution in [-0.2, 0) is 9.53 Å². The van der Waals surface area contributed by atoms with Crippen molar-refractivity contribution in [2.45, 2.75) is 44.8 Å². The minimum Gasteiger partial charge on any atom is -0.493 e. The maximum absolute atomic E-state index is 13.0. The molecule has 1 aromatic carbocycles. The van der Waals surface area contributed by atoms with E-state index in [1.54, 1.807) is 21.3 Å². The Morgan fingerprint density at radius 2 is 1.68 bits per heavy atom. The second-order valence-electron chi connectivity index (χ2n) is 7.42. The molecule has 2 heterocycles. The van der Waals surface area contributed by atoms with E-state index in [1.807, 2.05) is 25.1 Å². The van der Waals surface area contributed by atoms with Crippen molar-refractivity contribution in [3.63, 3.8) is 0 Å². The number of hydrogen-bond donors (Lipinski definition) is 0. The van der Waals surface area contributed by atoms with Gasteiger partial charge in [0, 0.05) is 11.5 Å². The van der Waals surface area contributed by atoms with Crippen molar-refractivity contribution in [3.8, 4) is 17.2 Å². The number of Topliss-reactive ketones (excluding diaryl/α,β-unsaturated/α-hetero) is 1. The minimum absolute atomic E-state index is 0.0804. The van der Waals surface area contributed by atoms with Gasteiger partial charge in [0.2, 0.25) is 5.75 Å². The van der Waals surface area contributed by atoms with Crippen LogP contribution in [0.1, 0.15) is 39.2 Å². The highest BCUT2D eigenvalue weighted by atomic mass is 16.5. The van der Waals surface area contributed by atoms with Crippen LogP contribution in [0.5, 0.6) is 17.2 Å². The van der Waals surface area contributed by atoms with E-state index in [0.717, 1.165) is 24.0 Å². The number of benzene rings is 1. The third kappa shape index (κ3) is 2.80. The summed E-state index contributed by atoms with van der Waals surface area (Å²) in [5.41, 5.74) is 0.585. The number of fused-ring (bicyclic) bond motifs is 3. The number of carbonyl (C=O) groups is 1. The third-order valence-electron chi connectivity index (χ3n) is 5.36. The van der Waals surface area contributed by atoms with E-state index >= 15 is 0 Å². The molecule has 0 radical (unpaired) electrons. The van der Waals surface area contributed by atoms with Crippen LogP contribution in [-0.4, -0.2) is 38.3 Å². The van der Waals surface area contributed by atoms with Crippen molar-refractivity contribution in [1.82, 2.24) is 0 Å². The minimum atomic E-state index is -0.731. The first kappa shape index (κ1) is 17.8. The van der Waals surface area contributed by atoms with Gasteiger partial charge in [0.15, 0.2) is 17.3 Å². The standard InChI is InChI=1S/C20H26O5/c1-19(2)14-7-8-20(3,25-19)18(21)13(14)9-12-10-15(22-4)17(24-6)16(11-12)23-5/h9-11,14H,7-8H2,1-6H3/b13-9-. The highest BCUT2D eigenvalue weighted by Crippen LogP contribution is 2.51. The summed E-state index contributed by atoms with van der Waals surface area (Å²) in [6.45, 7) is 6.02. The molecular formula is C20H26O5. The first-order chi connectivity index (χ1) is 11.8. The average Bonchev–Trinajstić information content (AvgIpc) is 2.56. The summed E-state index contributed by atoms with van der Waals surface area (Å²) in [4.78, 5) is 13.0. The number of carbonyl (C=O) groups excluding carboxylic acids is 1. The Kier molecular flexibility index (Phi) is 4.31. The van der Waals surface area contributed by atoms with Crippen LogP contribution < -0.4 is 14.2 Å². The molecule has 4 rings (SSSR count). The molecule has 5 heteroatoms. The Balaban J connectivity index is 2.10. The van der Waals surface area contributed by atoms with Gasteiger partial charge >= 0.3 is 0 Å². The Bertz CT molecular complexity index is 709. The average molecular weight is 346 g/mol. The lowest BCUT2D eigenvalue weighted by Crippen LogP contribution is -2.60. The Morgan fingerprint density at radius 3 is 2.16 bits per heavy atom. The molecule has 0 N–H and O–H groups in total. The molecule has 0 aromatic heterocycles. The fraction of sp³-hybridized carbons (Fsp3) is 0.550. The topological polar surface area (TPSA) is 54.0 Å². The SMILES string of the molecule is COc1cc(/C=C2\C(=O)C3(C)CCC2C(C)(C)O3)cc(OC)c1OC. The fourth-order valence-corrected chi connectivity index (χ4v) is 4.15. The smallest absolute Gasteiger partial charge is 0.203 e. The normalized spacial score (nSPS) is 29.0. The van der Waals surface area contributed by atoms with Crippen LogP contribution in [0.4, 0.5) is 0 Å². The van der Waals surface area contributed by atoms with Gasteiger partial charge in [0.1, 0.15) is 5.60 Å². The summed E-state index contributed by atoms with van der Waals surface area (Å²) in [6.07, 6.45) is 3.66. The zero-order valence-electron chi connectivity index (χ0n) is 15.8. The quantitative estimate of drug-likeness (QED) is 0.779. The molecule has 1 saturated carbocycles. The van der Waals surface area contributed by atoms with Gasteiger partial charge in [-0.05, 0) is 57.4 Å². The second kappa shape index (κ2) is 6.06. The molecule has 3 fully saturated rings. The lowest BCUT2D eigenvalue weighted by molar-refractivity contribution is -0.206. The van der Waals surface area contributed by atoms with Gasteiger partial charge in [-0.3, -0.25) is 4.79 Å². The van der Waals surface area contributed by atoms with Crippen molar-refractivity contribution in [3.05, 3.63) is 23.3 Å². The lowest BCUT2D eigenvalue weighted by Gasteiger charge is -2.53. The summed E-state index contributed by atoms with van der Waals surface area (Å²) in [6, 6.07) is 3.72. The Hall–Kier alpha value is -2.01. The monoisotopic (exact) mass is 346 g/mol. The molecule has 2 unspecified atom stereocenters. The summed E-state index contributed by atoms with van der Waals surface area (Å²) >= 11 is 0. The highest BCUT2D eigenvalue weighted by Gasteiger charge is 2.56. The molecule has 136 valence electrons. The number of rotatable bonds is 4. The van der Waals surface area contributed by atoms with Gasteiger partial charge < -0.3 is 18.9 Å². The van der Waals surface area contributed by atoms with Crippen LogP contribution in [0.2, 0.25) is 0 Å². The van der Waals surface area contributed by atoms with E-state index in [9.17, 15) is 4.79 Å². The number of hydrogen-bond acceptors (Lipinski definition) is 5. The van der Waals surface area contributed by atoms with Crippen molar-refractivity contribution < 1.29 is 23.7 Å². The maximum atomic E-state index is 13.0. The van der Waals surface area contributed by atoms with Crippen molar-refractivity contribution in [2.75, 3.05) is 21.3 Å². The van der Waals surface area contributed by atoms with Crippen LogP contribution in [0.15, 0.2) is 17.7 Å². The summed E-state index contributed by atoms with van der Waals surface area (Å²) < 4.78 is 22.3. The van der Waals surface area contributed by atoms with E-state index in [1.165, 1.54) is 0 Å². The highest BCUT2D eigenvalue weighted by molar-refractivity contribution is 6.07. The van der Waals surface area contributed by atoms with Gasteiger partial charge in [-0.2, -0.15) is 0 Å². The molecule has 2 atom stereocenters. The zero-order chi connectivity index (χ0) is 18.4. The van der Waals surface area contributed by atoms with E-state index in [-0.39, 0.29) is 17.3 Å². The number of methoxy groups -OCH3 is 3. The predicted octanol–water partition coefficient (Wildman–Crippen LogP) is 3.64. The fourth-order valence-electron chi connectivity index (χ4n) is 4.15. The van der Waals surface area contributed by atoms with Crippen molar-refractivity contribution >= 4 is 11.9 Å². The molecule has 2 saturated heterocycles.